The second kappa shape index (κ2) is 5.27. The van der Waals surface area contributed by atoms with Gasteiger partial charge in [0.2, 0.25) is 5.82 Å². The molecule has 1 unspecified atom stereocenters. The quantitative estimate of drug-likeness (QED) is 0.655. The maximum atomic E-state index is 11.2. The van der Waals surface area contributed by atoms with Gasteiger partial charge < -0.3 is 9.88 Å². The molecule has 0 saturated heterocycles. The van der Waals surface area contributed by atoms with Crippen LogP contribution in [0.15, 0.2) is 6.33 Å². The summed E-state index contributed by atoms with van der Waals surface area (Å²) in [7, 11) is 1.82. The van der Waals surface area contributed by atoms with Crippen LogP contribution in [-0.2, 0) is 13.6 Å². The molecule has 0 saturated carbocycles. The van der Waals surface area contributed by atoms with E-state index in [0.29, 0.717) is 23.9 Å². The summed E-state index contributed by atoms with van der Waals surface area (Å²) in [6.07, 6.45) is 1.59. The van der Waals surface area contributed by atoms with E-state index in [1.807, 2.05) is 20.9 Å². The molecule has 20 heavy (non-hydrogen) atoms. The number of anilines is 1. The highest BCUT2D eigenvalue weighted by atomic mass is 16.6. The lowest BCUT2D eigenvalue weighted by molar-refractivity contribution is -0.384. The normalized spacial score (nSPS) is 12.4. The molecule has 0 spiro atoms. The van der Waals surface area contributed by atoms with Crippen LogP contribution < -0.4 is 5.32 Å². The van der Waals surface area contributed by atoms with Crippen LogP contribution in [0.1, 0.15) is 31.4 Å². The molecule has 2 heterocycles. The molecule has 0 aliphatic heterocycles. The van der Waals surface area contributed by atoms with E-state index >= 15 is 0 Å². The zero-order valence-corrected chi connectivity index (χ0v) is 11.9. The molecule has 9 nitrogen and oxygen atoms in total. The van der Waals surface area contributed by atoms with E-state index in [2.05, 4.69) is 20.6 Å². The van der Waals surface area contributed by atoms with E-state index < -0.39 is 4.92 Å². The fraction of sp³-hybridized carbons (Fsp3) is 0.545. The van der Waals surface area contributed by atoms with E-state index in [-0.39, 0.29) is 11.7 Å². The number of nitro groups is 1. The van der Waals surface area contributed by atoms with Gasteiger partial charge in [0.25, 0.3) is 0 Å². The molecule has 0 amide bonds. The van der Waals surface area contributed by atoms with Gasteiger partial charge in [0.05, 0.1) is 11.0 Å². The third kappa shape index (κ3) is 2.33. The smallest absolute Gasteiger partial charge is 0.333 e. The third-order valence-corrected chi connectivity index (χ3v) is 3.06. The second-order valence-corrected chi connectivity index (χ2v) is 4.52. The van der Waals surface area contributed by atoms with Gasteiger partial charge in [-0.3, -0.25) is 10.1 Å². The number of hydrogen-bond donors (Lipinski definition) is 1. The molecule has 0 fully saturated rings. The summed E-state index contributed by atoms with van der Waals surface area (Å²) in [5, 5.41) is 26.3. The van der Waals surface area contributed by atoms with E-state index in [1.165, 1.54) is 0 Å². The average Bonchev–Trinajstić information content (AvgIpc) is 2.93. The maximum Gasteiger partial charge on any atom is 0.333 e. The maximum absolute atomic E-state index is 11.2. The van der Waals surface area contributed by atoms with Crippen LogP contribution in [0.3, 0.4) is 0 Å². The summed E-state index contributed by atoms with van der Waals surface area (Å²) < 4.78 is 3.35. The molecule has 1 atom stereocenters. The van der Waals surface area contributed by atoms with Crippen LogP contribution in [-0.4, -0.2) is 29.5 Å². The Morgan fingerprint density at radius 1 is 1.55 bits per heavy atom. The monoisotopic (exact) mass is 279 g/mol. The van der Waals surface area contributed by atoms with Gasteiger partial charge in [-0.2, -0.15) is 5.10 Å². The molecule has 0 radical (unpaired) electrons. The Morgan fingerprint density at radius 3 is 2.75 bits per heavy atom. The Labute approximate surface area is 115 Å². The Morgan fingerprint density at radius 2 is 2.25 bits per heavy atom. The Balaban J connectivity index is 2.38. The van der Waals surface area contributed by atoms with Gasteiger partial charge in [0.1, 0.15) is 12.0 Å². The van der Waals surface area contributed by atoms with Crippen molar-refractivity contribution < 1.29 is 4.92 Å². The van der Waals surface area contributed by atoms with Gasteiger partial charge in [-0.25, -0.2) is 4.68 Å². The van der Waals surface area contributed by atoms with Crippen LogP contribution in [0.25, 0.3) is 0 Å². The Hall–Kier alpha value is -2.45. The van der Waals surface area contributed by atoms with E-state index in [9.17, 15) is 10.1 Å². The zero-order chi connectivity index (χ0) is 14.9. The summed E-state index contributed by atoms with van der Waals surface area (Å²) in [5.74, 6) is 1.09. The lowest BCUT2D eigenvalue weighted by Crippen LogP contribution is -2.15. The molecule has 0 aromatic carbocycles. The first kappa shape index (κ1) is 14.0. The van der Waals surface area contributed by atoms with Crippen LogP contribution in [0, 0.1) is 17.0 Å². The minimum atomic E-state index is -0.416. The Bertz CT molecular complexity index is 631. The van der Waals surface area contributed by atoms with Crippen molar-refractivity contribution in [1.82, 2.24) is 24.5 Å². The topological polar surface area (TPSA) is 104 Å². The standard InChI is InChI=1S/C11H17N7O2/c1-5-17-11(9(18(19)20)7(2)15-17)13-8(3)10-14-12-6-16(10)4/h6,8,13H,5H2,1-4H3. The van der Waals surface area contributed by atoms with E-state index in [4.69, 9.17) is 0 Å². The van der Waals surface area contributed by atoms with E-state index in [1.54, 1.807) is 22.5 Å². The van der Waals surface area contributed by atoms with E-state index in [0.717, 1.165) is 0 Å². The summed E-state index contributed by atoms with van der Waals surface area (Å²) in [4.78, 5) is 10.8. The van der Waals surface area contributed by atoms with Crippen molar-refractivity contribution in [3.63, 3.8) is 0 Å². The fourth-order valence-corrected chi connectivity index (χ4v) is 2.12. The van der Waals surface area contributed by atoms with Gasteiger partial charge in [-0.15, -0.1) is 10.2 Å². The summed E-state index contributed by atoms with van der Waals surface area (Å²) in [6.45, 7) is 5.93. The molecule has 0 aliphatic rings. The first-order valence-corrected chi connectivity index (χ1v) is 6.27. The van der Waals surface area contributed by atoms with Crippen LogP contribution in [0.5, 0.6) is 0 Å². The fourth-order valence-electron chi connectivity index (χ4n) is 2.12. The SMILES string of the molecule is CCn1nc(C)c([N+](=O)[O-])c1NC(C)c1nncn1C. The molecule has 2 aromatic rings. The molecule has 108 valence electrons. The summed E-state index contributed by atoms with van der Waals surface area (Å²) in [5.41, 5.74) is 0.394. The first-order valence-electron chi connectivity index (χ1n) is 6.27. The van der Waals surface area contributed by atoms with Gasteiger partial charge in [-0.05, 0) is 20.8 Å². The number of aromatic nitrogens is 5. The molecule has 2 aromatic heterocycles. The number of rotatable bonds is 5. The van der Waals surface area contributed by atoms with Crippen molar-refractivity contribution in [2.45, 2.75) is 33.4 Å². The summed E-state index contributed by atoms with van der Waals surface area (Å²) in [6, 6.07) is -0.220. The van der Waals surface area contributed by atoms with Crippen molar-refractivity contribution in [2.75, 3.05) is 5.32 Å². The Kier molecular flexibility index (Phi) is 3.68. The molecule has 9 heteroatoms. The van der Waals surface area contributed by atoms with Crippen LogP contribution in [0.2, 0.25) is 0 Å². The molecule has 1 N–H and O–H groups in total. The lowest BCUT2D eigenvalue weighted by atomic mass is 10.3. The van der Waals surface area contributed by atoms with Gasteiger partial charge in [0.15, 0.2) is 5.82 Å². The predicted octanol–water partition coefficient (Wildman–Crippen LogP) is 1.42. The minimum absolute atomic E-state index is 0.000804. The predicted molar refractivity (Wildman–Crippen MR) is 72.3 cm³/mol. The van der Waals surface area contributed by atoms with Crippen molar-refractivity contribution in [3.8, 4) is 0 Å². The van der Waals surface area contributed by atoms with Gasteiger partial charge in [0, 0.05) is 13.6 Å². The number of nitrogens with zero attached hydrogens (tertiary/aromatic N) is 6. The van der Waals surface area contributed by atoms with Crippen molar-refractivity contribution in [2.24, 2.45) is 7.05 Å². The minimum Gasteiger partial charge on any atom is -0.355 e. The highest BCUT2D eigenvalue weighted by molar-refractivity contribution is 5.60. The second-order valence-electron chi connectivity index (χ2n) is 4.52. The highest BCUT2D eigenvalue weighted by Crippen LogP contribution is 2.30. The van der Waals surface area contributed by atoms with Crippen molar-refractivity contribution >= 4 is 11.5 Å². The molecule has 2 rings (SSSR count). The molecular formula is C11H17N7O2. The average molecular weight is 279 g/mol. The number of aryl methyl sites for hydroxylation is 3. The lowest BCUT2D eigenvalue weighted by Gasteiger charge is -2.14. The largest absolute Gasteiger partial charge is 0.355 e. The molecule has 0 bridgehead atoms. The molecular weight excluding hydrogens is 262 g/mol. The molecule has 0 aliphatic carbocycles. The van der Waals surface area contributed by atoms with Crippen LogP contribution >= 0.6 is 0 Å². The van der Waals surface area contributed by atoms with Gasteiger partial charge in [-0.1, -0.05) is 0 Å². The first-order chi connectivity index (χ1) is 9.45. The number of hydrogen-bond acceptors (Lipinski definition) is 6. The van der Waals surface area contributed by atoms with Crippen molar-refractivity contribution in [3.05, 3.63) is 28.0 Å². The van der Waals surface area contributed by atoms with Gasteiger partial charge >= 0.3 is 5.69 Å². The zero-order valence-electron chi connectivity index (χ0n) is 11.9. The number of nitrogens with one attached hydrogen (secondary N) is 1. The summed E-state index contributed by atoms with van der Waals surface area (Å²) >= 11 is 0. The highest BCUT2D eigenvalue weighted by Gasteiger charge is 2.26. The van der Waals surface area contributed by atoms with Crippen molar-refractivity contribution in [1.29, 1.82) is 0 Å². The third-order valence-electron chi connectivity index (χ3n) is 3.06. The van der Waals surface area contributed by atoms with Crippen LogP contribution in [0.4, 0.5) is 11.5 Å².